The summed E-state index contributed by atoms with van der Waals surface area (Å²) in [6.45, 7) is 10.1. The molecular formula is C30H40Ac2O7. The monoisotopic (exact) mass is 966 g/mol. The molecule has 1 heterocycles. The third kappa shape index (κ3) is 7.14. The van der Waals surface area contributed by atoms with Crippen LogP contribution in [0, 0.1) is 111 Å². The van der Waals surface area contributed by atoms with E-state index in [1.165, 1.54) is 0 Å². The minimum atomic E-state index is -1.37. The van der Waals surface area contributed by atoms with Gasteiger partial charge < -0.3 is 24.8 Å². The zero-order valence-corrected chi connectivity index (χ0v) is 32.7. The molecule has 2 saturated carbocycles. The summed E-state index contributed by atoms with van der Waals surface area (Å²) in [4.78, 5) is 25.3. The summed E-state index contributed by atoms with van der Waals surface area (Å²) in [5, 5.41) is 31.5. The maximum absolute atomic E-state index is 12.8. The molecule has 3 fully saturated rings. The molecule has 4 rings (SSSR count). The van der Waals surface area contributed by atoms with E-state index in [1.807, 2.05) is 37.3 Å². The molecule has 1 aromatic rings. The fourth-order valence-corrected chi connectivity index (χ4v) is 7.00. The van der Waals surface area contributed by atoms with Crippen molar-refractivity contribution in [2.24, 2.45) is 22.7 Å². The van der Waals surface area contributed by atoms with Gasteiger partial charge in [0.15, 0.2) is 12.2 Å². The van der Waals surface area contributed by atoms with Crippen molar-refractivity contribution in [3.05, 3.63) is 59.7 Å². The minimum absolute atomic E-state index is 0. The first-order valence-electron chi connectivity index (χ1n) is 13.3. The van der Waals surface area contributed by atoms with Crippen LogP contribution in [0.4, 0.5) is 0 Å². The van der Waals surface area contributed by atoms with Crippen molar-refractivity contribution in [3.8, 4) is 0 Å². The Morgan fingerprint density at radius 3 is 2.54 bits per heavy atom. The third-order valence-electron chi connectivity index (χ3n) is 9.51. The number of hydrogen-bond donors (Lipinski definition) is 3. The Labute approximate surface area is 303 Å². The zero-order chi connectivity index (χ0) is 27.0. The molecule has 1 aromatic carbocycles. The van der Waals surface area contributed by atoms with Crippen LogP contribution in [-0.4, -0.2) is 58.8 Å². The maximum atomic E-state index is 12.8. The van der Waals surface area contributed by atoms with E-state index in [2.05, 4.69) is 13.5 Å². The SMILES string of the molecule is C=C1CCC2[C@](C)(CO)C(O)CC[C@]2(C)[C@H]1C/C=C1/C(=O)OCC1OC(=O)C(O)[C@@H](C)c1ccccc1.[Ac].[Ac]. The first-order valence-corrected chi connectivity index (χ1v) is 13.3. The van der Waals surface area contributed by atoms with Crippen molar-refractivity contribution in [2.75, 3.05) is 13.2 Å². The van der Waals surface area contributed by atoms with Crippen LogP contribution in [-0.2, 0) is 19.1 Å². The van der Waals surface area contributed by atoms with Crippen LogP contribution in [0.25, 0.3) is 0 Å². The number of aliphatic hydroxyl groups excluding tert-OH is 3. The van der Waals surface area contributed by atoms with Gasteiger partial charge in [0.2, 0.25) is 0 Å². The Balaban J connectivity index is 0.00000267. The second-order valence-electron chi connectivity index (χ2n) is 11.6. The second-order valence-corrected chi connectivity index (χ2v) is 11.6. The molecule has 0 spiro atoms. The standard InChI is InChI=1S/C30H40O7.2Ac/c1-18-10-13-24-29(3,15-14-25(32)30(24,4)17-31)22(18)12-11-21-23(16-36-27(21)34)37-28(35)26(33)19(2)20-8-6-5-7-9-20;;/h5-9,11,19,22-26,31-33H,1,10,12-17H2,2-4H3;;/b21-11+;;/t19-,22-,23?,24?,25?,26?,29+,30-;;/m0../s1. The van der Waals surface area contributed by atoms with Crippen LogP contribution in [0.15, 0.2) is 54.1 Å². The molecule has 3 aliphatic rings. The van der Waals surface area contributed by atoms with Crippen molar-refractivity contribution in [3.63, 3.8) is 0 Å². The Bertz CT molecular complexity index is 1060. The summed E-state index contributed by atoms with van der Waals surface area (Å²) >= 11 is 0. The average Bonchev–Trinajstić information content (AvgIpc) is 3.24. The van der Waals surface area contributed by atoms with Gasteiger partial charge in [0.1, 0.15) is 6.61 Å². The minimum Gasteiger partial charge on any atom is -0.458 e. The van der Waals surface area contributed by atoms with Gasteiger partial charge in [-0.25, -0.2) is 9.59 Å². The maximum Gasteiger partial charge on any atom is 0.337 e. The van der Waals surface area contributed by atoms with Crippen LogP contribution in [0.2, 0.25) is 0 Å². The van der Waals surface area contributed by atoms with Gasteiger partial charge in [-0.1, -0.05) is 69.3 Å². The van der Waals surface area contributed by atoms with Crippen molar-refractivity contribution < 1.29 is 123 Å². The van der Waals surface area contributed by atoms with Gasteiger partial charge in [0.25, 0.3) is 0 Å². The van der Waals surface area contributed by atoms with Gasteiger partial charge in [-0.15, -0.1) is 0 Å². The molecule has 208 valence electrons. The quantitative estimate of drug-likeness (QED) is 0.218. The van der Waals surface area contributed by atoms with Crippen LogP contribution >= 0.6 is 0 Å². The Hall–Kier alpha value is 0.403. The molecule has 7 nitrogen and oxygen atoms in total. The molecule has 1 saturated heterocycles. The summed E-state index contributed by atoms with van der Waals surface area (Å²) in [5.41, 5.74) is 1.41. The Kier molecular flexibility index (Phi) is 13.4. The molecule has 2 aliphatic carbocycles. The summed E-state index contributed by atoms with van der Waals surface area (Å²) in [7, 11) is 0. The predicted octanol–water partition coefficient (Wildman–Crippen LogP) is 3.68. The van der Waals surface area contributed by atoms with Crippen molar-refractivity contribution >= 4 is 11.9 Å². The third-order valence-corrected chi connectivity index (χ3v) is 9.51. The van der Waals surface area contributed by atoms with E-state index in [1.54, 1.807) is 13.0 Å². The molecule has 9 heteroatoms. The number of esters is 2. The summed E-state index contributed by atoms with van der Waals surface area (Å²) in [6.07, 6.45) is 2.56. The normalized spacial score (nSPS) is 34.7. The molecule has 8 atom stereocenters. The number of ether oxygens (including phenoxy) is 2. The second kappa shape index (κ2) is 14.7. The summed E-state index contributed by atoms with van der Waals surface area (Å²) < 4.78 is 10.8. The largest absolute Gasteiger partial charge is 0.458 e. The molecule has 3 N–H and O–H groups in total. The first kappa shape index (κ1) is 35.6. The number of hydrogen-bond acceptors (Lipinski definition) is 7. The Morgan fingerprint density at radius 1 is 1.23 bits per heavy atom. The van der Waals surface area contributed by atoms with E-state index in [0.29, 0.717) is 12.8 Å². The zero-order valence-electron chi connectivity index (χ0n) is 23.2. The molecule has 1 aliphatic heterocycles. The van der Waals surface area contributed by atoms with E-state index in [4.69, 9.17) is 9.47 Å². The summed E-state index contributed by atoms with van der Waals surface area (Å²) in [6, 6.07) is 9.23. The van der Waals surface area contributed by atoms with E-state index < -0.39 is 41.6 Å². The van der Waals surface area contributed by atoms with Gasteiger partial charge in [-0.3, -0.25) is 0 Å². The number of cyclic esters (lactones) is 1. The number of fused-ring (bicyclic) bond motifs is 1. The van der Waals surface area contributed by atoms with E-state index in [9.17, 15) is 24.9 Å². The Morgan fingerprint density at radius 2 is 1.90 bits per heavy atom. The fourth-order valence-electron chi connectivity index (χ4n) is 7.00. The van der Waals surface area contributed by atoms with Crippen LogP contribution < -0.4 is 0 Å². The summed E-state index contributed by atoms with van der Waals surface area (Å²) in [5.74, 6) is -1.62. The molecule has 0 amide bonds. The van der Waals surface area contributed by atoms with E-state index in [0.717, 1.165) is 30.4 Å². The number of benzene rings is 1. The van der Waals surface area contributed by atoms with E-state index in [-0.39, 0.29) is 124 Å². The topological polar surface area (TPSA) is 113 Å². The molecule has 2 radical (unpaired) electrons. The number of aliphatic hydroxyl groups is 3. The van der Waals surface area contributed by atoms with Gasteiger partial charge in [-0.05, 0) is 54.9 Å². The molecule has 0 aromatic heterocycles. The van der Waals surface area contributed by atoms with Gasteiger partial charge in [0.05, 0.1) is 18.3 Å². The van der Waals surface area contributed by atoms with Crippen molar-refractivity contribution in [1.82, 2.24) is 0 Å². The first-order chi connectivity index (χ1) is 17.5. The van der Waals surface area contributed by atoms with E-state index >= 15 is 0 Å². The molecular weight excluding hydrogens is 926 g/mol. The van der Waals surface area contributed by atoms with Crippen LogP contribution in [0.1, 0.15) is 64.4 Å². The van der Waals surface area contributed by atoms with Gasteiger partial charge in [-0.2, -0.15) is 0 Å². The number of rotatable bonds is 7. The molecule has 39 heavy (non-hydrogen) atoms. The van der Waals surface area contributed by atoms with Crippen LogP contribution in [0.3, 0.4) is 0 Å². The molecule has 4 unspecified atom stereocenters. The van der Waals surface area contributed by atoms with Gasteiger partial charge >= 0.3 is 11.9 Å². The number of carbonyl (C=O) groups is 2. The number of allylic oxidation sites excluding steroid dienone is 2. The molecule has 0 bridgehead atoms. The van der Waals surface area contributed by atoms with Crippen LogP contribution in [0.5, 0.6) is 0 Å². The average molecular weight is 967 g/mol. The fraction of sp³-hybridized carbons (Fsp3) is 0.600. The number of carbonyl (C=O) groups excluding carboxylic acids is 2. The van der Waals surface area contributed by atoms with Gasteiger partial charge in [0, 0.05) is 99.5 Å². The van der Waals surface area contributed by atoms with Crippen molar-refractivity contribution in [2.45, 2.75) is 77.1 Å². The van der Waals surface area contributed by atoms with Crippen molar-refractivity contribution in [1.29, 1.82) is 0 Å². The predicted molar refractivity (Wildman–Crippen MR) is 138 cm³/mol. The smallest absolute Gasteiger partial charge is 0.337 e.